The Hall–Kier alpha value is -1.73. The number of nitrogens with zero attached hydrogens (tertiary/aromatic N) is 2. The average Bonchev–Trinajstić information content (AvgIpc) is 2.71. The van der Waals surface area contributed by atoms with E-state index < -0.39 is 12.1 Å². The molecule has 2 rings (SSSR count). The molecule has 0 saturated heterocycles. The minimum absolute atomic E-state index is 0.0857. The maximum absolute atomic E-state index is 11.9. The fourth-order valence-corrected chi connectivity index (χ4v) is 1.54. The average molecular weight is 249 g/mol. The van der Waals surface area contributed by atoms with Gasteiger partial charge in [-0.05, 0) is 0 Å². The fraction of sp³-hybridized carbons (Fsp3) is 0.556. The van der Waals surface area contributed by atoms with Gasteiger partial charge in [0.2, 0.25) is 5.88 Å². The highest BCUT2D eigenvalue weighted by molar-refractivity contribution is 5.81. The van der Waals surface area contributed by atoms with E-state index in [-0.39, 0.29) is 19.1 Å². The molecule has 8 heteroatoms. The molecule has 1 unspecified atom stereocenters. The number of rotatable bonds is 2. The molecule has 94 valence electrons. The number of aromatic nitrogens is 2. The van der Waals surface area contributed by atoms with E-state index in [1.807, 2.05) is 5.32 Å². The van der Waals surface area contributed by atoms with E-state index in [1.54, 1.807) is 16.9 Å². The van der Waals surface area contributed by atoms with Crippen molar-refractivity contribution in [1.82, 2.24) is 15.1 Å². The summed E-state index contributed by atoms with van der Waals surface area (Å²) in [5.41, 5.74) is 0. The minimum atomic E-state index is -4.84. The molecule has 5 nitrogen and oxygen atoms in total. The van der Waals surface area contributed by atoms with Gasteiger partial charge in [0.1, 0.15) is 0 Å². The Morgan fingerprint density at radius 2 is 2.41 bits per heavy atom. The maximum atomic E-state index is 11.9. The predicted molar refractivity (Wildman–Crippen MR) is 50.3 cm³/mol. The second-order valence-corrected chi connectivity index (χ2v) is 3.74. The Morgan fingerprint density at radius 3 is 3.12 bits per heavy atom. The third kappa shape index (κ3) is 2.69. The van der Waals surface area contributed by atoms with Gasteiger partial charge in [-0.15, -0.1) is 0 Å². The summed E-state index contributed by atoms with van der Waals surface area (Å²) in [6.07, 6.45) is -3.29. The molecule has 1 aromatic rings. The fourth-order valence-electron chi connectivity index (χ4n) is 1.54. The lowest BCUT2D eigenvalue weighted by Gasteiger charge is -2.24. The van der Waals surface area contributed by atoms with Gasteiger partial charge in [-0.25, -0.2) is 4.68 Å². The van der Waals surface area contributed by atoms with Gasteiger partial charge in [0.25, 0.3) is 0 Å². The molecular weight excluding hydrogens is 239 g/mol. The van der Waals surface area contributed by atoms with Gasteiger partial charge >= 0.3 is 12.1 Å². The molecule has 1 atom stereocenters. The van der Waals surface area contributed by atoms with E-state index in [4.69, 9.17) is 4.74 Å². The number of carbonyl (C=O) groups is 1. The lowest BCUT2D eigenvalue weighted by molar-refractivity contribution is -0.173. The molecular formula is C9H10F3N3O2. The summed E-state index contributed by atoms with van der Waals surface area (Å²) in [5, 5.41) is 5.77. The zero-order valence-electron chi connectivity index (χ0n) is 8.70. The number of alkyl halides is 3. The van der Waals surface area contributed by atoms with Crippen molar-refractivity contribution < 1.29 is 22.7 Å². The molecule has 17 heavy (non-hydrogen) atoms. The van der Waals surface area contributed by atoms with E-state index in [1.165, 1.54) is 0 Å². The molecule has 1 aliphatic rings. The largest absolute Gasteiger partial charge is 0.477 e. The van der Waals surface area contributed by atoms with Crippen LogP contribution in [0, 0.1) is 5.92 Å². The quantitative estimate of drug-likeness (QED) is 0.833. The molecule has 0 aliphatic carbocycles. The highest BCUT2D eigenvalue weighted by Gasteiger charge is 2.38. The van der Waals surface area contributed by atoms with Gasteiger partial charge in [-0.1, -0.05) is 0 Å². The predicted octanol–water partition coefficient (Wildman–Crippen LogP) is 0.570. The standard InChI is InChI=1S/C9H10F3N3O2/c10-9(11,12)8(16)13-3-6-4-15-7(17-5-6)1-2-14-15/h1-2,6H,3-5H2,(H,13,16). The number of nitrogens with one attached hydrogen (secondary N) is 1. The smallest absolute Gasteiger partial charge is 0.471 e. The van der Waals surface area contributed by atoms with Gasteiger partial charge in [0, 0.05) is 18.5 Å². The lowest BCUT2D eigenvalue weighted by Crippen LogP contribution is -2.42. The van der Waals surface area contributed by atoms with Crippen molar-refractivity contribution in [1.29, 1.82) is 0 Å². The first-order valence-corrected chi connectivity index (χ1v) is 4.96. The Balaban J connectivity index is 1.85. The summed E-state index contributed by atoms with van der Waals surface area (Å²) < 4.78 is 42.6. The topological polar surface area (TPSA) is 56.1 Å². The third-order valence-corrected chi connectivity index (χ3v) is 2.38. The van der Waals surface area contributed by atoms with Crippen molar-refractivity contribution >= 4 is 5.91 Å². The van der Waals surface area contributed by atoms with Crippen molar-refractivity contribution in [3.8, 4) is 5.88 Å². The van der Waals surface area contributed by atoms with Crippen LogP contribution in [0.3, 0.4) is 0 Å². The Bertz CT molecular complexity index is 416. The summed E-state index contributed by atoms with van der Waals surface area (Å²) in [6, 6.07) is 1.67. The highest BCUT2D eigenvalue weighted by atomic mass is 19.4. The van der Waals surface area contributed by atoms with Crippen LogP contribution in [0.2, 0.25) is 0 Å². The molecule has 1 aromatic heterocycles. The Kier molecular flexibility index (Phi) is 2.95. The van der Waals surface area contributed by atoms with Crippen LogP contribution in [0.4, 0.5) is 13.2 Å². The summed E-state index contributed by atoms with van der Waals surface area (Å²) in [7, 11) is 0. The van der Waals surface area contributed by atoms with Crippen LogP contribution < -0.4 is 10.1 Å². The Morgan fingerprint density at radius 1 is 1.65 bits per heavy atom. The molecule has 1 N–H and O–H groups in total. The first-order valence-electron chi connectivity index (χ1n) is 4.96. The van der Waals surface area contributed by atoms with Crippen LogP contribution in [-0.2, 0) is 11.3 Å². The van der Waals surface area contributed by atoms with Crippen molar-refractivity contribution in [3.05, 3.63) is 12.3 Å². The van der Waals surface area contributed by atoms with Crippen molar-refractivity contribution in [3.63, 3.8) is 0 Å². The van der Waals surface area contributed by atoms with Crippen LogP contribution in [-0.4, -0.2) is 35.0 Å². The summed E-state index contributed by atoms with van der Waals surface area (Å²) in [5.74, 6) is -1.55. The van der Waals surface area contributed by atoms with Crippen LogP contribution in [0.15, 0.2) is 12.3 Å². The number of carbonyl (C=O) groups excluding carboxylic acids is 1. The number of amides is 1. The van der Waals surface area contributed by atoms with E-state index in [0.717, 1.165) is 0 Å². The molecule has 0 radical (unpaired) electrons. The molecule has 0 spiro atoms. The molecule has 2 heterocycles. The molecule has 1 amide bonds. The van der Waals surface area contributed by atoms with Gasteiger partial charge < -0.3 is 10.1 Å². The van der Waals surface area contributed by atoms with Gasteiger partial charge in [-0.3, -0.25) is 4.79 Å². The molecule has 0 aromatic carbocycles. The zero-order valence-corrected chi connectivity index (χ0v) is 8.70. The van der Waals surface area contributed by atoms with E-state index in [2.05, 4.69) is 5.10 Å². The van der Waals surface area contributed by atoms with Crippen LogP contribution >= 0.6 is 0 Å². The lowest BCUT2D eigenvalue weighted by atomic mass is 10.1. The summed E-state index contributed by atoms with van der Waals surface area (Å²) in [6.45, 7) is 0.613. The number of ether oxygens (including phenoxy) is 1. The van der Waals surface area contributed by atoms with E-state index in [9.17, 15) is 18.0 Å². The molecule has 0 fully saturated rings. The number of fused-ring (bicyclic) bond motifs is 1. The number of halogens is 3. The molecule has 1 aliphatic heterocycles. The number of hydrogen-bond donors (Lipinski definition) is 1. The van der Waals surface area contributed by atoms with E-state index >= 15 is 0 Å². The first kappa shape index (κ1) is 11.7. The second-order valence-electron chi connectivity index (χ2n) is 3.74. The van der Waals surface area contributed by atoms with Gasteiger partial charge in [0.15, 0.2) is 0 Å². The van der Waals surface area contributed by atoms with Crippen molar-refractivity contribution in [2.75, 3.05) is 13.2 Å². The first-order chi connectivity index (χ1) is 7.97. The summed E-state index contributed by atoms with van der Waals surface area (Å²) >= 11 is 0. The Labute approximate surface area is 94.5 Å². The number of hydrogen-bond acceptors (Lipinski definition) is 3. The monoisotopic (exact) mass is 249 g/mol. The van der Waals surface area contributed by atoms with Crippen LogP contribution in [0.5, 0.6) is 5.88 Å². The van der Waals surface area contributed by atoms with Crippen LogP contribution in [0.25, 0.3) is 0 Å². The minimum Gasteiger partial charge on any atom is -0.477 e. The van der Waals surface area contributed by atoms with Gasteiger partial charge in [-0.2, -0.15) is 18.3 Å². The van der Waals surface area contributed by atoms with Crippen molar-refractivity contribution in [2.24, 2.45) is 5.92 Å². The third-order valence-electron chi connectivity index (χ3n) is 2.38. The maximum Gasteiger partial charge on any atom is 0.471 e. The zero-order chi connectivity index (χ0) is 12.5. The van der Waals surface area contributed by atoms with E-state index in [0.29, 0.717) is 12.4 Å². The van der Waals surface area contributed by atoms with Gasteiger partial charge in [0.05, 0.1) is 19.3 Å². The summed E-state index contributed by atoms with van der Waals surface area (Å²) in [4.78, 5) is 10.6. The molecule has 0 bridgehead atoms. The second kappa shape index (κ2) is 4.27. The van der Waals surface area contributed by atoms with Crippen LogP contribution in [0.1, 0.15) is 0 Å². The highest BCUT2D eigenvalue weighted by Crippen LogP contribution is 2.19. The normalized spacial score (nSPS) is 19.4. The van der Waals surface area contributed by atoms with Crippen molar-refractivity contribution in [2.45, 2.75) is 12.7 Å². The SMILES string of the molecule is O=C(NCC1COc2ccnn2C1)C(F)(F)F. The molecule has 0 saturated carbocycles.